The molecular formula is C21H29ClN2O4S. The van der Waals surface area contributed by atoms with E-state index in [2.05, 4.69) is 11.8 Å². The first-order valence-corrected chi connectivity index (χ1v) is 11.7. The molecule has 0 aliphatic rings. The Morgan fingerprint density at radius 1 is 1.17 bits per heavy atom. The number of likely N-dealkylation sites (N-methyl/N-ethyl adjacent to an activating group) is 1. The third kappa shape index (κ3) is 7.85. The molecule has 0 saturated carbocycles. The van der Waals surface area contributed by atoms with Gasteiger partial charge in [-0.3, -0.25) is 4.31 Å². The van der Waals surface area contributed by atoms with Gasteiger partial charge in [0.05, 0.1) is 11.9 Å². The van der Waals surface area contributed by atoms with E-state index in [0.29, 0.717) is 18.0 Å². The Morgan fingerprint density at radius 2 is 1.86 bits per heavy atom. The topological polar surface area (TPSA) is 70.1 Å². The van der Waals surface area contributed by atoms with Crippen molar-refractivity contribution >= 4 is 27.3 Å². The number of ether oxygens (including phenoxy) is 1. The molecule has 2 aromatic rings. The van der Waals surface area contributed by atoms with Crippen molar-refractivity contribution in [1.29, 1.82) is 0 Å². The molecular weight excluding hydrogens is 412 g/mol. The Balaban J connectivity index is 1.81. The summed E-state index contributed by atoms with van der Waals surface area (Å²) in [5, 5.41) is 11.1. The number of hydrogen-bond donors (Lipinski definition) is 1. The molecule has 0 bridgehead atoms. The van der Waals surface area contributed by atoms with Crippen molar-refractivity contribution in [3.8, 4) is 5.75 Å². The van der Waals surface area contributed by atoms with Crippen LogP contribution in [0.3, 0.4) is 0 Å². The highest BCUT2D eigenvalue weighted by molar-refractivity contribution is 7.92. The van der Waals surface area contributed by atoms with Crippen LogP contribution in [-0.4, -0.2) is 64.1 Å². The van der Waals surface area contributed by atoms with Gasteiger partial charge < -0.3 is 14.7 Å². The zero-order valence-electron chi connectivity index (χ0n) is 17.1. The molecule has 1 unspecified atom stereocenters. The van der Waals surface area contributed by atoms with Gasteiger partial charge in [-0.05, 0) is 54.9 Å². The molecule has 0 aliphatic heterocycles. The Morgan fingerprint density at radius 3 is 2.45 bits per heavy atom. The van der Waals surface area contributed by atoms with Crippen LogP contribution in [0.15, 0.2) is 48.5 Å². The molecule has 0 heterocycles. The van der Waals surface area contributed by atoms with E-state index in [9.17, 15) is 13.5 Å². The Hall–Kier alpha value is -1.80. The highest BCUT2D eigenvalue weighted by atomic mass is 35.5. The zero-order valence-corrected chi connectivity index (χ0v) is 18.7. The minimum absolute atomic E-state index is 0.162. The van der Waals surface area contributed by atoms with Gasteiger partial charge in [-0.1, -0.05) is 30.7 Å². The summed E-state index contributed by atoms with van der Waals surface area (Å²) in [5.41, 5.74) is 1.72. The van der Waals surface area contributed by atoms with Gasteiger partial charge in [0.25, 0.3) is 0 Å². The molecule has 1 atom stereocenters. The van der Waals surface area contributed by atoms with E-state index >= 15 is 0 Å². The van der Waals surface area contributed by atoms with E-state index in [4.69, 9.17) is 16.3 Å². The molecule has 0 aromatic heterocycles. The minimum Gasteiger partial charge on any atom is -0.491 e. The van der Waals surface area contributed by atoms with Crippen molar-refractivity contribution in [3.63, 3.8) is 0 Å². The van der Waals surface area contributed by atoms with E-state index in [1.165, 1.54) is 16.9 Å². The molecule has 0 spiro atoms. The van der Waals surface area contributed by atoms with Gasteiger partial charge in [-0.2, -0.15) is 0 Å². The average Bonchev–Trinajstić information content (AvgIpc) is 2.68. The maximum atomic E-state index is 11.6. The second-order valence-corrected chi connectivity index (χ2v) is 9.41. The lowest BCUT2D eigenvalue weighted by molar-refractivity contribution is 0.0702. The van der Waals surface area contributed by atoms with E-state index in [0.717, 1.165) is 30.8 Å². The molecule has 160 valence electrons. The molecule has 8 heteroatoms. The lowest BCUT2D eigenvalue weighted by atomic mass is 10.1. The van der Waals surface area contributed by atoms with Crippen LogP contribution in [-0.2, 0) is 16.4 Å². The number of anilines is 1. The number of aliphatic hydroxyl groups excluding tert-OH is 1. The molecule has 1 N–H and O–H groups in total. The van der Waals surface area contributed by atoms with Crippen LogP contribution in [0.1, 0.15) is 12.5 Å². The zero-order chi connectivity index (χ0) is 21.4. The van der Waals surface area contributed by atoms with Crippen molar-refractivity contribution in [1.82, 2.24) is 4.90 Å². The number of rotatable bonds is 11. The molecule has 2 aromatic carbocycles. The maximum Gasteiger partial charge on any atom is 0.231 e. The summed E-state index contributed by atoms with van der Waals surface area (Å²) in [4.78, 5) is 2.17. The summed E-state index contributed by atoms with van der Waals surface area (Å²) < 4.78 is 30.0. The van der Waals surface area contributed by atoms with Gasteiger partial charge >= 0.3 is 0 Å². The SMILES string of the molecule is CCN(CCc1cccc(Cl)c1)CC(O)COc1ccc(N(C)S(C)(=O)=O)cc1. The lowest BCUT2D eigenvalue weighted by Crippen LogP contribution is -2.36. The number of nitrogens with zero attached hydrogens (tertiary/aromatic N) is 2. The predicted molar refractivity (Wildman–Crippen MR) is 118 cm³/mol. The largest absolute Gasteiger partial charge is 0.491 e. The molecule has 6 nitrogen and oxygen atoms in total. The molecule has 0 saturated heterocycles. The molecule has 29 heavy (non-hydrogen) atoms. The van der Waals surface area contributed by atoms with Crippen molar-refractivity contribution in [2.24, 2.45) is 0 Å². The Labute approximate surface area is 178 Å². The minimum atomic E-state index is -3.30. The van der Waals surface area contributed by atoms with Crippen LogP contribution in [0.25, 0.3) is 0 Å². The van der Waals surface area contributed by atoms with E-state index in [1.54, 1.807) is 24.3 Å². The standard InChI is InChI=1S/C21H29ClN2O4S/c1-4-24(13-12-17-6-5-7-18(22)14-17)15-20(25)16-28-21-10-8-19(9-11-21)23(2)29(3,26)27/h5-11,14,20,25H,4,12-13,15-16H2,1-3H3. The van der Waals surface area contributed by atoms with E-state index in [1.807, 2.05) is 24.3 Å². The van der Waals surface area contributed by atoms with Gasteiger partial charge in [0.1, 0.15) is 18.5 Å². The number of halogens is 1. The summed E-state index contributed by atoms with van der Waals surface area (Å²) >= 11 is 6.02. The quantitative estimate of drug-likeness (QED) is 0.581. The molecule has 2 rings (SSSR count). The molecule has 0 amide bonds. The van der Waals surface area contributed by atoms with Crippen LogP contribution in [0, 0.1) is 0 Å². The summed E-state index contributed by atoms with van der Waals surface area (Å²) in [6, 6.07) is 14.5. The lowest BCUT2D eigenvalue weighted by Gasteiger charge is -2.24. The van der Waals surface area contributed by atoms with Gasteiger partial charge in [-0.15, -0.1) is 0 Å². The first kappa shape index (κ1) is 23.5. The van der Waals surface area contributed by atoms with Crippen LogP contribution < -0.4 is 9.04 Å². The van der Waals surface area contributed by atoms with Gasteiger partial charge in [0.2, 0.25) is 10.0 Å². The van der Waals surface area contributed by atoms with Crippen LogP contribution in [0.5, 0.6) is 5.75 Å². The van der Waals surface area contributed by atoms with Gasteiger partial charge in [0.15, 0.2) is 0 Å². The second-order valence-electron chi connectivity index (χ2n) is 6.96. The monoisotopic (exact) mass is 440 g/mol. The number of aliphatic hydroxyl groups is 1. The number of hydrogen-bond acceptors (Lipinski definition) is 5. The number of sulfonamides is 1. The fourth-order valence-corrected chi connectivity index (χ4v) is 3.56. The van der Waals surface area contributed by atoms with Gasteiger partial charge in [-0.25, -0.2) is 8.42 Å². The Bertz CT molecular complexity index is 875. The van der Waals surface area contributed by atoms with Crippen LogP contribution >= 0.6 is 11.6 Å². The van der Waals surface area contributed by atoms with Crippen LogP contribution in [0.2, 0.25) is 5.02 Å². The van der Waals surface area contributed by atoms with Crippen molar-refractivity contribution in [2.45, 2.75) is 19.4 Å². The summed E-state index contributed by atoms with van der Waals surface area (Å²) in [7, 11) is -1.80. The third-order valence-corrected chi connectivity index (χ3v) is 6.10. The second kappa shape index (κ2) is 10.8. The normalized spacial score (nSPS) is 12.8. The average molecular weight is 441 g/mol. The predicted octanol–water partition coefficient (Wildman–Crippen LogP) is 3.04. The van der Waals surface area contributed by atoms with Gasteiger partial charge in [0, 0.05) is 25.2 Å². The third-order valence-electron chi connectivity index (χ3n) is 4.66. The highest BCUT2D eigenvalue weighted by Gasteiger charge is 2.13. The van der Waals surface area contributed by atoms with Crippen molar-refractivity contribution < 1.29 is 18.3 Å². The van der Waals surface area contributed by atoms with Crippen LogP contribution in [0.4, 0.5) is 5.69 Å². The summed E-state index contributed by atoms with van der Waals surface area (Å²) in [6.45, 7) is 4.37. The van der Waals surface area contributed by atoms with E-state index < -0.39 is 16.1 Å². The first-order valence-electron chi connectivity index (χ1n) is 9.50. The fraction of sp³-hybridized carbons (Fsp3) is 0.429. The summed E-state index contributed by atoms with van der Waals surface area (Å²) in [6.07, 6.45) is 1.38. The summed E-state index contributed by atoms with van der Waals surface area (Å²) in [5.74, 6) is 0.580. The fourth-order valence-electron chi connectivity index (χ4n) is 2.85. The molecule has 0 aliphatic carbocycles. The van der Waals surface area contributed by atoms with Crippen molar-refractivity contribution in [3.05, 3.63) is 59.1 Å². The van der Waals surface area contributed by atoms with E-state index in [-0.39, 0.29) is 6.61 Å². The number of benzene rings is 2. The highest BCUT2D eigenvalue weighted by Crippen LogP contribution is 2.20. The smallest absolute Gasteiger partial charge is 0.231 e. The molecule has 0 radical (unpaired) electrons. The Kier molecular flexibility index (Phi) is 8.77. The molecule has 0 fully saturated rings. The maximum absolute atomic E-state index is 11.6. The first-order chi connectivity index (χ1) is 13.7. The van der Waals surface area contributed by atoms with Crippen molar-refractivity contribution in [2.75, 3.05) is 43.8 Å².